The van der Waals surface area contributed by atoms with Gasteiger partial charge in [0.05, 0.1) is 17.4 Å². The number of carbonyl (C=O) groups excluding carboxylic acids is 1. The molecule has 2 aromatic heterocycles. The fourth-order valence-electron chi connectivity index (χ4n) is 3.50. The van der Waals surface area contributed by atoms with Gasteiger partial charge in [0.15, 0.2) is 0 Å². The van der Waals surface area contributed by atoms with Crippen LogP contribution in [0.5, 0.6) is 0 Å². The van der Waals surface area contributed by atoms with Gasteiger partial charge in [0.25, 0.3) is 0 Å². The average molecular weight is 343 g/mol. The Morgan fingerprint density at radius 1 is 1.36 bits per heavy atom. The largest absolute Gasteiger partial charge is 0.373 e. The number of hydrogen-bond acceptors (Lipinski definition) is 6. The van der Waals surface area contributed by atoms with Crippen LogP contribution in [0.25, 0.3) is 0 Å². The summed E-state index contributed by atoms with van der Waals surface area (Å²) in [6.07, 6.45) is 3.06. The van der Waals surface area contributed by atoms with Gasteiger partial charge in [-0.3, -0.25) is 4.79 Å². The SMILES string of the molecule is CNc1cc([C@H]2CCCN2C(=O)CCc2c(C)noc2C)nc(C)n1. The van der Waals surface area contributed by atoms with Gasteiger partial charge in [0.2, 0.25) is 5.91 Å². The first-order valence-corrected chi connectivity index (χ1v) is 8.74. The van der Waals surface area contributed by atoms with Crippen LogP contribution in [0.2, 0.25) is 0 Å². The number of aryl methyl sites for hydroxylation is 3. The average Bonchev–Trinajstić information content (AvgIpc) is 3.20. The van der Waals surface area contributed by atoms with Crippen LogP contribution in [0.3, 0.4) is 0 Å². The maximum absolute atomic E-state index is 12.8. The monoisotopic (exact) mass is 343 g/mol. The van der Waals surface area contributed by atoms with E-state index in [4.69, 9.17) is 4.52 Å². The first-order valence-electron chi connectivity index (χ1n) is 8.74. The number of nitrogens with one attached hydrogen (secondary N) is 1. The fraction of sp³-hybridized carbons (Fsp3) is 0.556. The van der Waals surface area contributed by atoms with Crippen molar-refractivity contribution in [2.24, 2.45) is 0 Å². The lowest BCUT2D eigenvalue weighted by Gasteiger charge is -2.25. The number of anilines is 1. The quantitative estimate of drug-likeness (QED) is 0.898. The van der Waals surface area contributed by atoms with E-state index in [0.717, 1.165) is 53.7 Å². The summed E-state index contributed by atoms with van der Waals surface area (Å²) in [6.45, 7) is 6.46. The third-order valence-corrected chi connectivity index (χ3v) is 4.80. The van der Waals surface area contributed by atoms with Crippen molar-refractivity contribution in [3.8, 4) is 0 Å². The lowest BCUT2D eigenvalue weighted by atomic mass is 10.1. The standard InChI is InChI=1S/C18H25N5O2/c1-11-14(12(2)25-22-11)7-8-18(24)23-9-5-6-16(23)15-10-17(19-4)21-13(3)20-15/h10,16H,5-9H2,1-4H3,(H,19,20,21)/t16-/m1/s1. The third-order valence-electron chi connectivity index (χ3n) is 4.80. The summed E-state index contributed by atoms with van der Waals surface area (Å²) in [5.74, 6) is 2.47. The molecule has 1 aliphatic heterocycles. The molecule has 7 heteroatoms. The van der Waals surface area contributed by atoms with Gasteiger partial charge in [-0.1, -0.05) is 5.16 Å². The molecule has 1 atom stereocenters. The number of rotatable bonds is 5. The van der Waals surface area contributed by atoms with Gasteiger partial charge in [-0.25, -0.2) is 9.97 Å². The van der Waals surface area contributed by atoms with Gasteiger partial charge in [0, 0.05) is 31.6 Å². The van der Waals surface area contributed by atoms with Gasteiger partial charge in [0.1, 0.15) is 17.4 Å². The van der Waals surface area contributed by atoms with E-state index in [0.29, 0.717) is 12.8 Å². The van der Waals surface area contributed by atoms with Crippen molar-refractivity contribution in [2.45, 2.75) is 52.5 Å². The zero-order chi connectivity index (χ0) is 18.0. The second kappa shape index (κ2) is 7.21. The van der Waals surface area contributed by atoms with Crippen molar-refractivity contribution in [2.75, 3.05) is 18.9 Å². The van der Waals surface area contributed by atoms with Crippen LogP contribution < -0.4 is 5.32 Å². The molecule has 0 unspecified atom stereocenters. The molecule has 0 aromatic carbocycles. The molecule has 25 heavy (non-hydrogen) atoms. The minimum atomic E-state index is 0.0333. The first kappa shape index (κ1) is 17.4. The number of nitrogens with zero attached hydrogens (tertiary/aromatic N) is 4. The van der Waals surface area contributed by atoms with E-state index in [1.54, 1.807) is 0 Å². The normalized spacial score (nSPS) is 17.1. The van der Waals surface area contributed by atoms with Gasteiger partial charge in [-0.2, -0.15) is 0 Å². The van der Waals surface area contributed by atoms with Crippen LogP contribution >= 0.6 is 0 Å². The summed E-state index contributed by atoms with van der Waals surface area (Å²) < 4.78 is 5.18. The number of amides is 1. The van der Waals surface area contributed by atoms with Crippen molar-refractivity contribution < 1.29 is 9.32 Å². The van der Waals surface area contributed by atoms with Crippen LogP contribution in [0.4, 0.5) is 5.82 Å². The Balaban J connectivity index is 1.73. The van der Waals surface area contributed by atoms with E-state index in [1.165, 1.54) is 0 Å². The van der Waals surface area contributed by atoms with Gasteiger partial charge >= 0.3 is 0 Å². The van der Waals surface area contributed by atoms with E-state index < -0.39 is 0 Å². The molecule has 0 radical (unpaired) electrons. The first-order chi connectivity index (χ1) is 12.0. The minimum absolute atomic E-state index is 0.0333. The maximum atomic E-state index is 12.8. The Morgan fingerprint density at radius 3 is 2.84 bits per heavy atom. The molecule has 134 valence electrons. The Bertz CT molecular complexity index is 751. The summed E-state index contributed by atoms with van der Waals surface area (Å²) >= 11 is 0. The third kappa shape index (κ3) is 3.65. The molecular formula is C18H25N5O2. The lowest BCUT2D eigenvalue weighted by Crippen LogP contribution is -2.31. The van der Waals surface area contributed by atoms with Crippen molar-refractivity contribution in [1.29, 1.82) is 0 Å². The molecule has 0 saturated carbocycles. The second-order valence-electron chi connectivity index (χ2n) is 6.52. The van der Waals surface area contributed by atoms with Crippen molar-refractivity contribution >= 4 is 11.7 Å². The van der Waals surface area contributed by atoms with E-state index in [1.807, 2.05) is 38.8 Å². The molecule has 1 amide bonds. The Morgan fingerprint density at radius 2 is 2.16 bits per heavy atom. The molecular weight excluding hydrogens is 318 g/mol. The number of aromatic nitrogens is 3. The molecule has 1 aliphatic rings. The highest BCUT2D eigenvalue weighted by Gasteiger charge is 2.31. The lowest BCUT2D eigenvalue weighted by molar-refractivity contribution is -0.132. The smallest absolute Gasteiger partial charge is 0.223 e. The van der Waals surface area contributed by atoms with Crippen molar-refractivity contribution in [3.63, 3.8) is 0 Å². The van der Waals surface area contributed by atoms with E-state index >= 15 is 0 Å². The van der Waals surface area contributed by atoms with Crippen LogP contribution in [-0.4, -0.2) is 39.5 Å². The van der Waals surface area contributed by atoms with Crippen LogP contribution in [0.15, 0.2) is 10.6 Å². The predicted octanol–water partition coefficient (Wildman–Crippen LogP) is 2.73. The second-order valence-corrected chi connectivity index (χ2v) is 6.52. The maximum Gasteiger partial charge on any atom is 0.223 e. The minimum Gasteiger partial charge on any atom is -0.373 e. The zero-order valence-electron chi connectivity index (χ0n) is 15.3. The molecule has 1 saturated heterocycles. The van der Waals surface area contributed by atoms with E-state index in [2.05, 4.69) is 20.4 Å². The van der Waals surface area contributed by atoms with Crippen LogP contribution in [0.1, 0.15) is 53.8 Å². The van der Waals surface area contributed by atoms with Gasteiger partial charge in [-0.05, 0) is 40.0 Å². The highest BCUT2D eigenvalue weighted by molar-refractivity contribution is 5.77. The Hall–Kier alpha value is -2.44. The van der Waals surface area contributed by atoms with Gasteiger partial charge < -0.3 is 14.7 Å². The number of carbonyl (C=O) groups is 1. The number of likely N-dealkylation sites (tertiary alicyclic amines) is 1. The predicted molar refractivity (Wildman–Crippen MR) is 94.3 cm³/mol. The molecule has 2 aromatic rings. The van der Waals surface area contributed by atoms with E-state index in [-0.39, 0.29) is 11.9 Å². The van der Waals surface area contributed by atoms with Gasteiger partial charge in [-0.15, -0.1) is 0 Å². The summed E-state index contributed by atoms with van der Waals surface area (Å²) in [5, 5.41) is 7.02. The Kier molecular flexibility index (Phi) is 5.01. The molecule has 1 fully saturated rings. The molecule has 3 heterocycles. The van der Waals surface area contributed by atoms with Crippen molar-refractivity contribution in [3.05, 3.63) is 34.6 Å². The molecule has 0 bridgehead atoms. The topological polar surface area (TPSA) is 84.2 Å². The molecule has 0 aliphatic carbocycles. The molecule has 7 nitrogen and oxygen atoms in total. The summed E-state index contributed by atoms with van der Waals surface area (Å²) in [4.78, 5) is 23.7. The molecule has 0 spiro atoms. The van der Waals surface area contributed by atoms with Crippen molar-refractivity contribution in [1.82, 2.24) is 20.0 Å². The van der Waals surface area contributed by atoms with E-state index in [9.17, 15) is 4.79 Å². The molecule has 1 N–H and O–H groups in total. The van der Waals surface area contributed by atoms with Crippen LogP contribution in [-0.2, 0) is 11.2 Å². The fourth-order valence-corrected chi connectivity index (χ4v) is 3.50. The number of hydrogen-bond donors (Lipinski definition) is 1. The highest BCUT2D eigenvalue weighted by atomic mass is 16.5. The van der Waals surface area contributed by atoms with Crippen LogP contribution in [0, 0.1) is 20.8 Å². The zero-order valence-corrected chi connectivity index (χ0v) is 15.3. The summed E-state index contributed by atoms with van der Waals surface area (Å²) in [7, 11) is 1.84. The Labute approximate surface area is 147 Å². The summed E-state index contributed by atoms with van der Waals surface area (Å²) in [6, 6.07) is 1.98. The highest BCUT2D eigenvalue weighted by Crippen LogP contribution is 2.32. The summed E-state index contributed by atoms with van der Waals surface area (Å²) in [5.41, 5.74) is 2.83. The molecule has 3 rings (SSSR count).